The highest BCUT2D eigenvalue weighted by Crippen LogP contribution is 2.13. The van der Waals surface area contributed by atoms with Crippen molar-refractivity contribution in [2.24, 2.45) is 0 Å². The van der Waals surface area contributed by atoms with E-state index in [0.717, 1.165) is 11.8 Å². The molecule has 0 atom stereocenters. The molecule has 0 amide bonds. The average Bonchev–Trinajstić information content (AvgIpc) is 2.95. The summed E-state index contributed by atoms with van der Waals surface area (Å²) in [5.74, 6) is -0.444. The van der Waals surface area contributed by atoms with Crippen molar-refractivity contribution in [1.82, 2.24) is 30.3 Å². The molecule has 0 saturated heterocycles. The summed E-state index contributed by atoms with van der Waals surface area (Å²) in [4.78, 5) is 14.3. The van der Waals surface area contributed by atoms with E-state index in [-0.39, 0.29) is 5.75 Å². The van der Waals surface area contributed by atoms with Gasteiger partial charge in [0.2, 0.25) is 11.6 Å². The largest absolute Gasteiger partial charge is 0.481 e. The van der Waals surface area contributed by atoms with Crippen LogP contribution in [0, 0.1) is 0 Å². The van der Waals surface area contributed by atoms with Crippen LogP contribution in [0.15, 0.2) is 16.1 Å². The molecule has 2 rings (SSSR count). The Labute approximate surface area is 99.2 Å². The molecule has 0 fully saturated rings. The third-order valence-electron chi connectivity index (χ3n) is 1.78. The first-order valence-corrected chi connectivity index (χ1v) is 5.60. The van der Waals surface area contributed by atoms with E-state index in [1.165, 1.54) is 11.1 Å². The SMILES string of the molecule is O=C(O)CSc1nnnn1CCc1ncon1. The fourth-order valence-corrected chi connectivity index (χ4v) is 1.70. The molecule has 0 unspecified atom stereocenters. The molecule has 0 bridgehead atoms. The van der Waals surface area contributed by atoms with E-state index >= 15 is 0 Å². The van der Waals surface area contributed by atoms with E-state index in [9.17, 15) is 4.79 Å². The van der Waals surface area contributed by atoms with Crippen LogP contribution < -0.4 is 0 Å². The zero-order valence-electron chi connectivity index (χ0n) is 8.55. The van der Waals surface area contributed by atoms with Crippen molar-refractivity contribution in [2.75, 3.05) is 5.75 Å². The number of carboxylic acid groups (broad SMARTS) is 1. The summed E-state index contributed by atoms with van der Waals surface area (Å²) < 4.78 is 6.09. The zero-order valence-corrected chi connectivity index (χ0v) is 9.37. The second-order valence-electron chi connectivity index (χ2n) is 2.96. The molecule has 0 aliphatic rings. The molecule has 0 saturated carbocycles. The number of carbonyl (C=O) groups is 1. The number of aliphatic carboxylic acids is 1. The Balaban J connectivity index is 1.92. The molecule has 0 spiro atoms. The van der Waals surface area contributed by atoms with Crippen molar-refractivity contribution in [3.63, 3.8) is 0 Å². The van der Waals surface area contributed by atoms with Crippen molar-refractivity contribution in [2.45, 2.75) is 18.1 Å². The number of carboxylic acids is 1. The molecule has 90 valence electrons. The van der Waals surface area contributed by atoms with E-state index in [4.69, 9.17) is 5.11 Å². The quantitative estimate of drug-likeness (QED) is 0.680. The molecule has 2 aromatic rings. The van der Waals surface area contributed by atoms with Crippen LogP contribution in [0.5, 0.6) is 0 Å². The highest BCUT2D eigenvalue weighted by atomic mass is 32.2. The van der Waals surface area contributed by atoms with Gasteiger partial charge in [0, 0.05) is 6.42 Å². The van der Waals surface area contributed by atoms with Crippen LogP contribution >= 0.6 is 11.8 Å². The third-order valence-corrected chi connectivity index (χ3v) is 2.72. The number of hydrogen-bond donors (Lipinski definition) is 1. The van der Waals surface area contributed by atoms with Gasteiger partial charge < -0.3 is 9.63 Å². The summed E-state index contributed by atoms with van der Waals surface area (Å²) in [5, 5.41) is 23.6. The fourth-order valence-electron chi connectivity index (χ4n) is 1.07. The Hall–Kier alpha value is -1.97. The van der Waals surface area contributed by atoms with Crippen molar-refractivity contribution >= 4 is 17.7 Å². The van der Waals surface area contributed by atoms with Gasteiger partial charge in [-0.3, -0.25) is 4.79 Å². The average molecular weight is 256 g/mol. The summed E-state index contributed by atoms with van der Waals surface area (Å²) in [7, 11) is 0. The maximum absolute atomic E-state index is 10.4. The number of nitrogens with zero attached hydrogens (tertiary/aromatic N) is 6. The first-order chi connectivity index (χ1) is 8.25. The molecule has 2 heterocycles. The number of aromatic nitrogens is 6. The topological polar surface area (TPSA) is 120 Å². The fraction of sp³-hybridized carbons (Fsp3) is 0.429. The van der Waals surface area contributed by atoms with Gasteiger partial charge in [-0.2, -0.15) is 4.98 Å². The van der Waals surface area contributed by atoms with Crippen molar-refractivity contribution in [1.29, 1.82) is 0 Å². The Morgan fingerprint density at radius 1 is 1.59 bits per heavy atom. The van der Waals surface area contributed by atoms with E-state index in [1.54, 1.807) is 0 Å². The van der Waals surface area contributed by atoms with E-state index in [1.807, 2.05) is 0 Å². The molecule has 17 heavy (non-hydrogen) atoms. The van der Waals surface area contributed by atoms with Crippen LogP contribution in [0.1, 0.15) is 5.82 Å². The molecule has 1 N–H and O–H groups in total. The van der Waals surface area contributed by atoms with E-state index in [0.29, 0.717) is 23.9 Å². The standard InChI is InChI=1S/C7H8N6O3S/c14-6(15)3-17-7-9-11-12-13(7)2-1-5-8-4-16-10-5/h4H,1-3H2,(H,14,15). The predicted molar refractivity (Wildman–Crippen MR) is 54.2 cm³/mol. The summed E-state index contributed by atoms with van der Waals surface area (Å²) in [5.41, 5.74) is 0. The van der Waals surface area contributed by atoms with Gasteiger partial charge in [0.05, 0.1) is 12.3 Å². The maximum Gasteiger partial charge on any atom is 0.313 e. The van der Waals surface area contributed by atoms with Crippen LogP contribution in [-0.2, 0) is 17.8 Å². The van der Waals surface area contributed by atoms with Gasteiger partial charge in [-0.25, -0.2) is 4.68 Å². The lowest BCUT2D eigenvalue weighted by molar-refractivity contribution is -0.133. The lowest BCUT2D eigenvalue weighted by Gasteiger charge is -2.00. The van der Waals surface area contributed by atoms with Gasteiger partial charge in [-0.1, -0.05) is 16.9 Å². The number of aryl methyl sites for hydroxylation is 2. The van der Waals surface area contributed by atoms with E-state index in [2.05, 4.69) is 30.2 Å². The van der Waals surface area contributed by atoms with Crippen LogP contribution in [0.4, 0.5) is 0 Å². The van der Waals surface area contributed by atoms with E-state index < -0.39 is 5.97 Å². The summed E-state index contributed by atoms with van der Waals surface area (Å²) in [6, 6.07) is 0. The highest BCUT2D eigenvalue weighted by molar-refractivity contribution is 7.99. The summed E-state index contributed by atoms with van der Waals surface area (Å²) in [6.45, 7) is 0.467. The van der Waals surface area contributed by atoms with Crippen molar-refractivity contribution < 1.29 is 14.4 Å². The van der Waals surface area contributed by atoms with Gasteiger partial charge in [-0.15, -0.1) is 5.10 Å². The molecular weight excluding hydrogens is 248 g/mol. The van der Waals surface area contributed by atoms with Crippen LogP contribution in [-0.4, -0.2) is 47.2 Å². The monoisotopic (exact) mass is 256 g/mol. The highest BCUT2D eigenvalue weighted by Gasteiger charge is 2.09. The number of rotatable bonds is 6. The molecule has 0 aliphatic heterocycles. The summed E-state index contributed by atoms with van der Waals surface area (Å²) >= 11 is 1.06. The Morgan fingerprint density at radius 3 is 3.18 bits per heavy atom. The van der Waals surface area contributed by atoms with Gasteiger partial charge in [0.1, 0.15) is 0 Å². The number of thioether (sulfide) groups is 1. The van der Waals surface area contributed by atoms with Crippen molar-refractivity contribution in [3.8, 4) is 0 Å². The van der Waals surface area contributed by atoms with Crippen LogP contribution in [0.2, 0.25) is 0 Å². The van der Waals surface area contributed by atoms with Gasteiger partial charge in [0.25, 0.3) is 0 Å². The minimum Gasteiger partial charge on any atom is -0.481 e. The zero-order chi connectivity index (χ0) is 12.1. The lowest BCUT2D eigenvalue weighted by Crippen LogP contribution is -2.07. The number of tetrazole rings is 1. The first kappa shape index (κ1) is 11.5. The molecule has 0 radical (unpaired) electrons. The third kappa shape index (κ3) is 3.24. The molecule has 0 aromatic carbocycles. The van der Waals surface area contributed by atoms with Gasteiger partial charge >= 0.3 is 5.97 Å². The molecule has 9 nitrogen and oxygen atoms in total. The van der Waals surface area contributed by atoms with Crippen LogP contribution in [0.3, 0.4) is 0 Å². The first-order valence-electron chi connectivity index (χ1n) is 4.61. The Kier molecular flexibility index (Phi) is 3.65. The molecular formula is C7H8N6O3S. The minimum absolute atomic E-state index is 0.0808. The lowest BCUT2D eigenvalue weighted by atomic mass is 10.4. The normalized spacial score (nSPS) is 10.6. The van der Waals surface area contributed by atoms with Gasteiger partial charge in [0.15, 0.2) is 5.82 Å². The predicted octanol–water partition coefficient (Wildman–Crippen LogP) is -0.525. The second-order valence-corrected chi connectivity index (χ2v) is 3.91. The molecule has 10 heteroatoms. The van der Waals surface area contributed by atoms with Crippen LogP contribution in [0.25, 0.3) is 0 Å². The van der Waals surface area contributed by atoms with Crippen molar-refractivity contribution in [3.05, 3.63) is 12.2 Å². The Morgan fingerprint density at radius 2 is 2.47 bits per heavy atom. The number of hydrogen-bond acceptors (Lipinski definition) is 8. The summed E-state index contributed by atoms with van der Waals surface area (Å²) in [6.07, 6.45) is 1.76. The Bertz CT molecular complexity index is 484. The maximum atomic E-state index is 10.4. The molecule has 0 aliphatic carbocycles. The minimum atomic E-state index is -0.914. The second kappa shape index (κ2) is 5.39. The van der Waals surface area contributed by atoms with Gasteiger partial charge in [-0.05, 0) is 10.4 Å². The molecule has 2 aromatic heterocycles. The smallest absolute Gasteiger partial charge is 0.313 e.